The molecule has 1 rings (SSSR count). The Balaban J connectivity index is 2.70. The molecule has 1 heterocycles. The molecule has 1 aromatic heterocycles. The largest absolute Gasteiger partial charge is 0.282 e. The summed E-state index contributed by atoms with van der Waals surface area (Å²) in [4.78, 5) is 0. The maximum atomic E-state index is 5.65. The Morgan fingerprint density at radius 1 is 1.70 bits per heavy atom. The predicted molar refractivity (Wildman–Crippen MR) is 42.1 cm³/mol. The molecule has 10 heavy (non-hydrogen) atoms. The fourth-order valence-corrected chi connectivity index (χ4v) is 1.15. The van der Waals surface area contributed by atoms with Gasteiger partial charge in [0.2, 0.25) is 0 Å². The van der Waals surface area contributed by atoms with Crippen molar-refractivity contribution in [1.29, 1.82) is 0 Å². The molecular weight excluding hydrogens is 148 g/mol. The van der Waals surface area contributed by atoms with Crippen LogP contribution in [0.4, 0.5) is 0 Å². The second-order valence-electron chi connectivity index (χ2n) is 2.26. The van der Waals surface area contributed by atoms with Gasteiger partial charge in [0.1, 0.15) is 0 Å². The zero-order valence-corrected chi connectivity index (χ0v) is 6.78. The molecule has 0 aliphatic heterocycles. The topological polar surface area (TPSA) is 28.7 Å². The van der Waals surface area contributed by atoms with Gasteiger partial charge in [-0.25, -0.2) is 0 Å². The maximum Gasteiger partial charge on any atom is 0.0534 e. The number of halogens is 1. The van der Waals surface area contributed by atoms with Gasteiger partial charge in [0.25, 0.3) is 0 Å². The van der Waals surface area contributed by atoms with Crippen LogP contribution in [-0.2, 0) is 12.3 Å². The number of rotatable bonds is 3. The van der Waals surface area contributed by atoms with Crippen LogP contribution >= 0.6 is 11.6 Å². The molecule has 0 spiro atoms. The van der Waals surface area contributed by atoms with E-state index in [4.69, 9.17) is 11.6 Å². The lowest BCUT2D eigenvalue weighted by Gasteiger charge is -1.94. The van der Waals surface area contributed by atoms with E-state index in [1.165, 1.54) is 5.69 Å². The summed E-state index contributed by atoms with van der Waals surface area (Å²) in [5, 5.41) is 6.83. The van der Waals surface area contributed by atoms with Crippen LogP contribution in [0.25, 0.3) is 0 Å². The highest BCUT2D eigenvalue weighted by Gasteiger charge is 2.00. The Labute approximate surface area is 65.6 Å². The highest BCUT2D eigenvalue weighted by Crippen LogP contribution is 2.09. The third-order valence-electron chi connectivity index (χ3n) is 1.45. The number of hydrogen-bond acceptors (Lipinski definition) is 1. The average Bonchev–Trinajstić information content (AvgIpc) is 2.36. The van der Waals surface area contributed by atoms with Gasteiger partial charge in [-0.15, -0.1) is 11.6 Å². The van der Waals surface area contributed by atoms with Crippen LogP contribution in [0.15, 0.2) is 6.20 Å². The molecule has 3 heteroatoms. The molecule has 0 fully saturated rings. The van der Waals surface area contributed by atoms with Crippen molar-refractivity contribution in [1.82, 2.24) is 10.2 Å². The summed E-state index contributed by atoms with van der Waals surface area (Å²) in [5.74, 6) is 0.561. The first-order valence-corrected chi connectivity index (χ1v) is 3.99. The zero-order valence-electron chi connectivity index (χ0n) is 6.02. The van der Waals surface area contributed by atoms with Gasteiger partial charge in [-0.1, -0.05) is 13.3 Å². The molecule has 0 aliphatic carbocycles. The number of aromatic nitrogens is 2. The molecule has 56 valence electrons. The summed E-state index contributed by atoms with van der Waals surface area (Å²) in [7, 11) is 0. The van der Waals surface area contributed by atoms with E-state index in [0.717, 1.165) is 18.4 Å². The second kappa shape index (κ2) is 3.62. The third kappa shape index (κ3) is 1.51. The smallest absolute Gasteiger partial charge is 0.0534 e. The summed E-state index contributed by atoms with van der Waals surface area (Å²) in [6, 6.07) is 0. The zero-order chi connectivity index (χ0) is 7.40. The highest BCUT2D eigenvalue weighted by atomic mass is 35.5. The van der Waals surface area contributed by atoms with E-state index >= 15 is 0 Å². The summed E-state index contributed by atoms with van der Waals surface area (Å²) < 4.78 is 0. The lowest BCUT2D eigenvalue weighted by Crippen LogP contribution is -1.87. The summed E-state index contributed by atoms with van der Waals surface area (Å²) in [6.07, 6.45) is 3.96. The molecule has 0 aromatic carbocycles. The first kappa shape index (κ1) is 7.61. The van der Waals surface area contributed by atoms with E-state index in [1.807, 2.05) is 0 Å². The predicted octanol–water partition coefficient (Wildman–Crippen LogP) is 2.10. The molecule has 2 nitrogen and oxygen atoms in total. The van der Waals surface area contributed by atoms with Gasteiger partial charge in [0.05, 0.1) is 12.1 Å². The number of hydrogen-bond donors (Lipinski definition) is 1. The average molecular weight is 159 g/mol. The molecular formula is C7H11ClN2. The first-order valence-electron chi connectivity index (χ1n) is 3.45. The molecule has 1 N–H and O–H groups in total. The lowest BCUT2D eigenvalue weighted by molar-refractivity contribution is 0.860. The van der Waals surface area contributed by atoms with E-state index in [-0.39, 0.29) is 0 Å². The Hall–Kier alpha value is -0.500. The SMILES string of the molecule is CCCc1[nH]ncc1CCl. The molecule has 0 amide bonds. The fraction of sp³-hybridized carbons (Fsp3) is 0.571. The van der Waals surface area contributed by atoms with Crippen molar-refractivity contribution in [3.8, 4) is 0 Å². The minimum Gasteiger partial charge on any atom is -0.282 e. The minimum absolute atomic E-state index is 0.561. The van der Waals surface area contributed by atoms with E-state index in [0.29, 0.717) is 5.88 Å². The van der Waals surface area contributed by atoms with Crippen LogP contribution in [0.5, 0.6) is 0 Å². The van der Waals surface area contributed by atoms with Crippen LogP contribution < -0.4 is 0 Å². The van der Waals surface area contributed by atoms with Gasteiger partial charge in [0.15, 0.2) is 0 Å². The van der Waals surface area contributed by atoms with Crippen LogP contribution in [0.2, 0.25) is 0 Å². The molecule has 0 atom stereocenters. The fourth-order valence-electron chi connectivity index (χ4n) is 0.919. The summed E-state index contributed by atoms with van der Waals surface area (Å²) in [6.45, 7) is 2.14. The van der Waals surface area contributed by atoms with Gasteiger partial charge in [-0.2, -0.15) is 5.10 Å². The normalized spacial score (nSPS) is 10.2. The van der Waals surface area contributed by atoms with Crippen molar-refractivity contribution in [3.05, 3.63) is 17.5 Å². The first-order chi connectivity index (χ1) is 4.88. The van der Waals surface area contributed by atoms with E-state index in [1.54, 1.807) is 6.20 Å². The summed E-state index contributed by atoms with van der Waals surface area (Å²) in [5.41, 5.74) is 2.31. The van der Waals surface area contributed by atoms with Gasteiger partial charge in [-0.05, 0) is 6.42 Å². The maximum absolute atomic E-state index is 5.65. The monoisotopic (exact) mass is 158 g/mol. The molecule has 0 unspecified atom stereocenters. The van der Waals surface area contributed by atoms with Crippen molar-refractivity contribution in [2.24, 2.45) is 0 Å². The highest BCUT2D eigenvalue weighted by molar-refractivity contribution is 6.17. The Kier molecular flexibility index (Phi) is 2.75. The van der Waals surface area contributed by atoms with Crippen molar-refractivity contribution in [3.63, 3.8) is 0 Å². The molecule has 1 aromatic rings. The standard InChI is InChI=1S/C7H11ClN2/c1-2-3-7-6(4-8)5-9-10-7/h5H,2-4H2,1H3,(H,9,10). The van der Waals surface area contributed by atoms with Crippen molar-refractivity contribution in [2.45, 2.75) is 25.6 Å². The molecule has 0 aliphatic rings. The van der Waals surface area contributed by atoms with Crippen molar-refractivity contribution < 1.29 is 0 Å². The van der Waals surface area contributed by atoms with Gasteiger partial charge in [-0.3, -0.25) is 5.10 Å². The third-order valence-corrected chi connectivity index (χ3v) is 1.74. The van der Waals surface area contributed by atoms with Crippen molar-refractivity contribution in [2.75, 3.05) is 0 Å². The molecule has 0 radical (unpaired) electrons. The quantitative estimate of drug-likeness (QED) is 0.671. The van der Waals surface area contributed by atoms with E-state index < -0.39 is 0 Å². The Morgan fingerprint density at radius 3 is 3.10 bits per heavy atom. The van der Waals surface area contributed by atoms with Crippen LogP contribution in [-0.4, -0.2) is 10.2 Å². The van der Waals surface area contributed by atoms with Gasteiger partial charge in [0, 0.05) is 11.3 Å². The molecule has 0 bridgehead atoms. The number of H-pyrrole nitrogens is 1. The number of aromatic amines is 1. The lowest BCUT2D eigenvalue weighted by atomic mass is 10.2. The summed E-state index contributed by atoms with van der Waals surface area (Å²) >= 11 is 5.65. The number of alkyl halides is 1. The number of nitrogens with zero attached hydrogens (tertiary/aromatic N) is 1. The van der Waals surface area contributed by atoms with Gasteiger partial charge < -0.3 is 0 Å². The molecule has 0 saturated carbocycles. The van der Waals surface area contributed by atoms with E-state index in [9.17, 15) is 0 Å². The van der Waals surface area contributed by atoms with Crippen LogP contribution in [0.3, 0.4) is 0 Å². The van der Waals surface area contributed by atoms with E-state index in [2.05, 4.69) is 17.1 Å². The van der Waals surface area contributed by atoms with Crippen LogP contribution in [0, 0.1) is 0 Å². The Bertz CT molecular complexity index is 195. The number of aryl methyl sites for hydroxylation is 1. The van der Waals surface area contributed by atoms with Crippen LogP contribution in [0.1, 0.15) is 24.6 Å². The van der Waals surface area contributed by atoms with Crippen molar-refractivity contribution >= 4 is 11.6 Å². The number of nitrogens with one attached hydrogen (secondary N) is 1. The molecule has 0 saturated heterocycles. The van der Waals surface area contributed by atoms with Gasteiger partial charge >= 0.3 is 0 Å². The minimum atomic E-state index is 0.561. The Morgan fingerprint density at radius 2 is 2.50 bits per heavy atom. The second-order valence-corrected chi connectivity index (χ2v) is 2.52.